The van der Waals surface area contributed by atoms with Gasteiger partial charge in [-0.15, -0.1) is 10.2 Å². The van der Waals surface area contributed by atoms with Crippen LogP contribution in [0.3, 0.4) is 0 Å². The summed E-state index contributed by atoms with van der Waals surface area (Å²) >= 11 is 1.21. The molecule has 0 spiro atoms. The molecule has 1 aromatic heterocycles. The van der Waals surface area contributed by atoms with Crippen molar-refractivity contribution >= 4 is 23.4 Å². The summed E-state index contributed by atoms with van der Waals surface area (Å²) in [6.45, 7) is 4.48. The van der Waals surface area contributed by atoms with Gasteiger partial charge in [-0.3, -0.25) is 4.79 Å². The van der Waals surface area contributed by atoms with Crippen LogP contribution >= 0.6 is 11.8 Å². The summed E-state index contributed by atoms with van der Waals surface area (Å²) in [5.74, 6) is 7.96. The molecule has 3 rings (SSSR count). The van der Waals surface area contributed by atoms with Crippen molar-refractivity contribution in [2.45, 2.75) is 19.0 Å². The number of hydrogen-bond acceptors (Lipinski definition) is 7. The number of amides is 1. The zero-order valence-corrected chi connectivity index (χ0v) is 17.3. The lowest BCUT2D eigenvalue weighted by Gasteiger charge is -2.10. The number of ether oxygens (including phenoxy) is 2. The minimum atomic E-state index is -0.190. The largest absolute Gasteiger partial charge is 0.495 e. The first-order valence-corrected chi connectivity index (χ1v) is 10.0. The van der Waals surface area contributed by atoms with Gasteiger partial charge < -0.3 is 20.6 Å². The minimum Gasteiger partial charge on any atom is -0.495 e. The molecule has 0 bridgehead atoms. The van der Waals surface area contributed by atoms with Gasteiger partial charge in [0, 0.05) is 5.56 Å². The molecule has 0 aliphatic heterocycles. The molecule has 29 heavy (non-hydrogen) atoms. The van der Waals surface area contributed by atoms with Crippen LogP contribution in [0.2, 0.25) is 0 Å². The van der Waals surface area contributed by atoms with Crippen molar-refractivity contribution in [2.24, 2.45) is 0 Å². The lowest BCUT2D eigenvalue weighted by Crippen LogP contribution is -2.17. The first-order valence-electron chi connectivity index (χ1n) is 9.02. The second kappa shape index (κ2) is 9.33. The van der Waals surface area contributed by atoms with E-state index in [9.17, 15) is 4.79 Å². The zero-order chi connectivity index (χ0) is 20.8. The number of methoxy groups -OCH3 is 1. The standard InChI is InChI=1S/C20H23N5O3S/c1-4-28-15-8-6-14(7-9-15)19-23-24-20(25(19)21)29-12-18(26)22-16-11-13(2)5-10-17(16)27-3/h5-11H,4,12,21H2,1-3H3,(H,22,26). The Kier molecular flexibility index (Phi) is 6.61. The van der Waals surface area contributed by atoms with E-state index in [1.165, 1.54) is 16.4 Å². The van der Waals surface area contributed by atoms with E-state index in [2.05, 4.69) is 15.5 Å². The maximum Gasteiger partial charge on any atom is 0.234 e. The zero-order valence-electron chi connectivity index (χ0n) is 16.5. The third-order valence-electron chi connectivity index (χ3n) is 4.05. The maximum atomic E-state index is 12.4. The smallest absolute Gasteiger partial charge is 0.234 e. The number of aryl methyl sites for hydroxylation is 1. The Labute approximate surface area is 173 Å². The highest BCUT2D eigenvalue weighted by molar-refractivity contribution is 7.99. The highest BCUT2D eigenvalue weighted by atomic mass is 32.2. The molecule has 1 heterocycles. The van der Waals surface area contributed by atoms with E-state index in [0.29, 0.717) is 29.0 Å². The van der Waals surface area contributed by atoms with E-state index in [4.69, 9.17) is 15.3 Å². The first-order chi connectivity index (χ1) is 14.0. The molecule has 0 atom stereocenters. The molecule has 2 aromatic carbocycles. The molecule has 0 unspecified atom stereocenters. The van der Waals surface area contributed by atoms with Gasteiger partial charge in [0.05, 0.1) is 25.2 Å². The highest BCUT2D eigenvalue weighted by Crippen LogP contribution is 2.26. The highest BCUT2D eigenvalue weighted by Gasteiger charge is 2.15. The lowest BCUT2D eigenvalue weighted by molar-refractivity contribution is -0.113. The number of nitrogens with two attached hydrogens (primary N) is 1. The molecule has 8 nitrogen and oxygen atoms in total. The topological polar surface area (TPSA) is 104 Å². The van der Waals surface area contributed by atoms with Crippen molar-refractivity contribution in [3.05, 3.63) is 48.0 Å². The predicted molar refractivity (Wildman–Crippen MR) is 114 cm³/mol. The SMILES string of the molecule is CCOc1ccc(-c2nnc(SCC(=O)Nc3cc(C)ccc3OC)n2N)cc1. The van der Waals surface area contributed by atoms with Crippen molar-refractivity contribution in [2.75, 3.05) is 30.6 Å². The van der Waals surface area contributed by atoms with Crippen LogP contribution in [0.1, 0.15) is 12.5 Å². The van der Waals surface area contributed by atoms with Gasteiger partial charge >= 0.3 is 0 Å². The number of rotatable bonds is 8. The third kappa shape index (κ3) is 5.00. The Morgan fingerprint density at radius 1 is 1.21 bits per heavy atom. The monoisotopic (exact) mass is 413 g/mol. The molecule has 0 radical (unpaired) electrons. The van der Waals surface area contributed by atoms with Crippen LogP contribution in [-0.2, 0) is 4.79 Å². The Bertz CT molecular complexity index is 988. The molecule has 0 fully saturated rings. The van der Waals surface area contributed by atoms with Gasteiger partial charge in [0.25, 0.3) is 0 Å². The molecule has 0 saturated heterocycles. The molecular formula is C20H23N5O3S. The van der Waals surface area contributed by atoms with Crippen molar-refractivity contribution < 1.29 is 14.3 Å². The summed E-state index contributed by atoms with van der Waals surface area (Å²) in [6, 6.07) is 13.0. The Morgan fingerprint density at radius 3 is 2.66 bits per heavy atom. The second-order valence-electron chi connectivity index (χ2n) is 6.17. The fourth-order valence-electron chi connectivity index (χ4n) is 2.68. The lowest BCUT2D eigenvalue weighted by atomic mass is 10.2. The number of anilines is 1. The minimum absolute atomic E-state index is 0.135. The molecule has 1 amide bonds. The summed E-state index contributed by atoms with van der Waals surface area (Å²) < 4.78 is 12.1. The number of thioether (sulfide) groups is 1. The number of hydrogen-bond donors (Lipinski definition) is 2. The van der Waals surface area contributed by atoms with E-state index < -0.39 is 0 Å². The van der Waals surface area contributed by atoms with E-state index in [0.717, 1.165) is 16.9 Å². The summed E-state index contributed by atoms with van der Waals surface area (Å²) in [4.78, 5) is 12.4. The van der Waals surface area contributed by atoms with Crippen LogP contribution in [0.15, 0.2) is 47.6 Å². The number of nitrogens with one attached hydrogen (secondary N) is 1. The van der Waals surface area contributed by atoms with Crippen molar-refractivity contribution in [1.82, 2.24) is 14.9 Å². The molecular weight excluding hydrogens is 390 g/mol. The first kappa shape index (κ1) is 20.5. The van der Waals surface area contributed by atoms with Crippen molar-refractivity contribution in [3.8, 4) is 22.9 Å². The Morgan fingerprint density at radius 2 is 1.97 bits per heavy atom. The number of nitrogens with zero attached hydrogens (tertiary/aromatic N) is 3. The number of carbonyl (C=O) groups excluding carboxylic acids is 1. The number of benzene rings is 2. The van der Waals surface area contributed by atoms with Gasteiger partial charge in [0.2, 0.25) is 11.1 Å². The fraction of sp³-hybridized carbons (Fsp3) is 0.250. The quantitative estimate of drug-likeness (QED) is 0.432. The van der Waals surface area contributed by atoms with E-state index in [1.807, 2.05) is 56.3 Å². The van der Waals surface area contributed by atoms with Gasteiger partial charge in [-0.2, -0.15) is 0 Å². The molecule has 152 valence electrons. The normalized spacial score (nSPS) is 10.6. The molecule has 0 aliphatic carbocycles. The van der Waals surface area contributed by atoms with Gasteiger partial charge in [0.15, 0.2) is 5.82 Å². The van der Waals surface area contributed by atoms with Crippen LogP contribution in [0.4, 0.5) is 5.69 Å². The van der Waals surface area contributed by atoms with E-state index in [1.54, 1.807) is 7.11 Å². The van der Waals surface area contributed by atoms with Crippen LogP contribution in [0.5, 0.6) is 11.5 Å². The third-order valence-corrected chi connectivity index (χ3v) is 4.99. The van der Waals surface area contributed by atoms with Gasteiger partial charge in [-0.1, -0.05) is 17.8 Å². The van der Waals surface area contributed by atoms with E-state index >= 15 is 0 Å². The van der Waals surface area contributed by atoms with Gasteiger partial charge in [-0.05, 0) is 55.8 Å². The Hall–Kier alpha value is -3.20. The summed E-state index contributed by atoms with van der Waals surface area (Å²) in [5, 5.41) is 11.5. The average Bonchev–Trinajstić information content (AvgIpc) is 3.08. The molecule has 3 aromatic rings. The Balaban J connectivity index is 1.64. The number of nitrogen functional groups attached to an aromatic ring is 1. The maximum absolute atomic E-state index is 12.4. The van der Waals surface area contributed by atoms with Crippen LogP contribution in [0.25, 0.3) is 11.4 Å². The van der Waals surface area contributed by atoms with E-state index in [-0.39, 0.29) is 11.7 Å². The van der Waals surface area contributed by atoms with Gasteiger partial charge in [-0.25, -0.2) is 4.68 Å². The summed E-state index contributed by atoms with van der Waals surface area (Å²) in [5.41, 5.74) is 2.46. The van der Waals surface area contributed by atoms with Crippen LogP contribution in [-0.4, -0.2) is 40.3 Å². The van der Waals surface area contributed by atoms with Gasteiger partial charge in [0.1, 0.15) is 11.5 Å². The summed E-state index contributed by atoms with van der Waals surface area (Å²) in [6.07, 6.45) is 0. The molecule has 9 heteroatoms. The van der Waals surface area contributed by atoms with Crippen LogP contribution in [0, 0.1) is 6.92 Å². The fourth-order valence-corrected chi connectivity index (χ4v) is 3.33. The molecule has 0 aliphatic rings. The number of aromatic nitrogens is 3. The van der Waals surface area contributed by atoms with Crippen molar-refractivity contribution in [1.29, 1.82) is 0 Å². The predicted octanol–water partition coefficient (Wildman–Crippen LogP) is 3.11. The molecule has 3 N–H and O–H groups in total. The summed E-state index contributed by atoms with van der Waals surface area (Å²) in [7, 11) is 1.56. The second-order valence-corrected chi connectivity index (χ2v) is 7.12. The number of carbonyl (C=O) groups is 1. The van der Waals surface area contributed by atoms with Crippen LogP contribution < -0.4 is 20.6 Å². The average molecular weight is 414 g/mol. The van der Waals surface area contributed by atoms with Crippen molar-refractivity contribution in [3.63, 3.8) is 0 Å². The molecule has 0 saturated carbocycles.